The molecule has 1 unspecified atom stereocenters. The van der Waals surface area contributed by atoms with E-state index in [1.54, 1.807) is 31.4 Å². The summed E-state index contributed by atoms with van der Waals surface area (Å²) in [5, 5.41) is 8.91. The SMILES string of the molecule is COC(=O)C(Cc1ccc(OC)cc1)C(=O)O. The minimum Gasteiger partial charge on any atom is -0.497 e. The number of ether oxygens (including phenoxy) is 2. The van der Waals surface area contributed by atoms with Crippen molar-refractivity contribution in [3.05, 3.63) is 29.8 Å². The van der Waals surface area contributed by atoms with Crippen LogP contribution in [0.3, 0.4) is 0 Å². The summed E-state index contributed by atoms with van der Waals surface area (Å²) in [4.78, 5) is 22.2. The summed E-state index contributed by atoms with van der Waals surface area (Å²) in [6.07, 6.45) is 0.103. The Bertz CT molecular complexity index is 396. The summed E-state index contributed by atoms with van der Waals surface area (Å²) in [6.45, 7) is 0. The highest BCUT2D eigenvalue weighted by Gasteiger charge is 2.27. The molecule has 0 spiro atoms. The van der Waals surface area contributed by atoms with Crippen molar-refractivity contribution in [3.8, 4) is 5.75 Å². The lowest BCUT2D eigenvalue weighted by Crippen LogP contribution is -2.27. The lowest BCUT2D eigenvalue weighted by Gasteiger charge is -2.10. The Morgan fingerprint density at radius 2 is 1.82 bits per heavy atom. The first-order valence-corrected chi connectivity index (χ1v) is 5.02. The van der Waals surface area contributed by atoms with Gasteiger partial charge in [-0.2, -0.15) is 0 Å². The van der Waals surface area contributed by atoms with Crippen molar-refractivity contribution >= 4 is 11.9 Å². The number of benzene rings is 1. The lowest BCUT2D eigenvalue weighted by molar-refractivity contribution is -0.156. The minimum absolute atomic E-state index is 0.103. The van der Waals surface area contributed by atoms with Gasteiger partial charge in [-0.3, -0.25) is 9.59 Å². The molecule has 0 bridgehead atoms. The van der Waals surface area contributed by atoms with E-state index in [0.717, 1.165) is 5.56 Å². The highest BCUT2D eigenvalue weighted by molar-refractivity contribution is 5.94. The first-order valence-electron chi connectivity index (χ1n) is 5.02. The van der Waals surface area contributed by atoms with Gasteiger partial charge in [0.2, 0.25) is 0 Å². The third-order valence-corrected chi connectivity index (χ3v) is 2.38. The van der Waals surface area contributed by atoms with Crippen LogP contribution in [0.4, 0.5) is 0 Å². The molecular formula is C12H14O5. The number of hydrogen-bond donors (Lipinski definition) is 1. The summed E-state index contributed by atoms with van der Waals surface area (Å²) < 4.78 is 9.43. The zero-order chi connectivity index (χ0) is 12.8. The number of methoxy groups -OCH3 is 2. The Morgan fingerprint density at radius 1 is 1.24 bits per heavy atom. The van der Waals surface area contributed by atoms with Gasteiger partial charge in [-0.1, -0.05) is 12.1 Å². The van der Waals surface area contributed by atoms with Crippen molar-refractivity contribution in [3.63, 3.8) is 0 Å². The van der Waals surface area contributed by atoms with E-state index >= 15 is 0 Å². The summed E-state index contributed by atoms with van der Waals surface area (Å²) in [7, 11) is 2.72. The molecule has 1 N–H and O–H groups in total. The Labute approximate surface area is 99.0 Å². The number of rotatable bonds is 5. The van der Waals surface area contributed by atoms with Crippen LogP contribution < -0.4 is 4.74 Å². The predicted octanol–water partition coefficient (Wildman–Crippen LogP) is 1.11. The fourth-order valence-corrected chi connectivity index (χ4v) is 1.41. The van der Waals surface area contributed by atoms with Gasteiger partial charge in [0.15, 0.2) is 5.92 Å². The van der Waals surface area contributed by atoms with Gasteiger partial charge < -0.3 is 14.6 Å². The number of carboxylic acid groups (broad SMARTS) is 1. The summed E-state index contributed by atoms with van der Waals surface area (Å²) in [5.41, 5.74) is 0.739. The van der Waals surface area contributed by atoms with E-state index in [1.165, 1.54) is 7.11 Å². The molecule has 1 rings (SSSR count). The summed E-state index contributed by atoms with van der Waals surface area (Å²) >= 11 is 0. The van der Waals surface area contributed by atoms with Gasteiger partial charge in [0, 0.05) is 0 Å². The van der Waals surface area contributed by atoms with Crippen LogP contribution in [-0.2, 0) is 20.7 Å². The fourth-order valence-electron chi connectivity index (χ4n) is 1.41. The van der Waals surface area contributed by atoms with Crippen LogP contribution in [0.1, 0.15) is 5.56 Å². The highest BCUT2D eigenvalue weighted by Crippen LogP contribution is 2.15. The van der Waals surface area contributed by atoms with Gasteiger partial charge in [0.05, 0.1) is 14.2 Å². The number of carbonyl (C=O) groups excluding carboxylic acids is 1. The number of carbonyl (C=O) groups is 2. The molecular weight excluding hydrogens is 224 g/mol. The molecule has 92 valence electrons. The van der Waals surface area contributed by atoms with Crippen molar-refractivity contribution in [2.45, 2.75) is 6.42 Å². The molecule has 0 saturated carbocycles. The van der Waals surface area contributed by atoms with Crippen LogP contribution in [0.5, 0.6) is 5.75 Å². The van der Waals surface area contributed by atoms with Gasteiger partial charge in [-0.05, 0) is 24.1 Å². The van der Waals surface area contributed by atoms with Gasteiger partial charge in [0.1, 0.15) is 5.75 Å². The van der Waals surface area contributed by atoms with Crippen molar-refractivity contribution in [1.29, 1.82) is 0 Å². The molecule has 1 aromatic carbocycles. The Hall–Kier alpha value is -2.04. The van der Waals surface area contributed by atoms with Crippen LogP contribution >= 0.6 is 0 Å². The fraction of sp³-hybridized carbons (Fsp3) is 0.333. The molecule has 0 aliphatic rings. The quantitative estimate of drug-likeness (QED) is 0.614. The van der Waals surface area contributed by atoms with E-state index < -0.39 is 17.9 Å². The zero-order valence-electron chi connectivity index (χ0n) is 9.67. The normalized spacial score (nSPS) is 11.6. The van der Waals surface area contributed by atoms with Crippen molar-refractivity contribution in [2.75, 3.05) is 14.2 Å². The number of aliphatic carboxylic acids is 1. The predicted molar refractivity (Wildman–Crippen MR) is 59.8 cm³/mol. The number of esters is 1. The summed E-state index contributed by atoms with van der Waals surface area (Å²) in [6, 6.07) is 6.87. The van der Waals surface area contributed by atoms with E-state index in [9.17, 15) is 9.59 Å². The molecule has 17 heavy (non-hydrogen) atoms. The topological polar surface area (TPSA) is 72.8 Å². The Balaban J connectivity index is 2.79. The maximum atomic E-state index is 11.3. The van der Waals surface area contributed by atoms with Crippen LogP contribution in [0.2, 0.25) is 0 Å². The van der Waals surface area contributed by atoms with Crippen LogP contribution in [0.25, 0.3) is 0 Å². The monoisotopic (exact) mass is 238 g/mol. The average molecular weight is 238 g/mol. The average Bonchev–Trinajstić information content (AvgIpc) is 2.35. The molecule has 0 fully saturated rings. The Morgan fingerprint density at radius 3 is 2.24 bits per heavy atom. The van der Waals surface area contributed by atoms with Crippen molar-refractivity contribution in [1.82, 2.24) is 0 Å². The molecule has 0 heterocycles. The van der Waals surface area contributed by atoms with E-state index in [2.05, 4.69) is 4.74 Å². The molecule has 0 aliphatic carbocycles. The molecule has 5 heteroatoms. The molecule has 0 amide bonds. The van der Waals surface area contributed by atoms with Crippen LogP contribution in [0.15, 0.2) is 24.3 Å². The number of hydrogen-bond acceptors (Lipinski definition) is 4. The molecule has 5 nitrogen and oxygen atoms in total. The second kappa shape index (κ2) is 5.89. The van der Waals surface area contributed by atoms with Gasteiger partial charge in [-0.25, -0.2) is 0 Å². The molecule has 0 aliphatic heterocycles. The van der Waals surface area contributed by atoms with Gasteiger partial charge in [0.25, 0.3) is 0 Å². The second-order valence-corrected chi connectivity index (χ2v) is 3.47. The first kappa shape index (κ1) is 13.0. The molecule has 1 aromatic rings. The molecule has 0 radical (unpaired) electrons. The molecule has 0 saturated heterocycles. The standard InChI is InChI=1S/C12H14O5/c1-16-9-5-3-8(4-6-9)7-10(11(13)14)12(15)17-2/h3-6,10H,7H2,1-2H3,(H,13,14). The highest BCUT2D eigenvalue weighted by atomic mass is 16.5. The van der Waals surface area contributed by atoms with Gasteiger partial charge >= 0.3 is 11.9 Å². The molecule has 0 aromatic heterocycles. The minimum atomic E-state index is -1.19. The van der Waals surface area contributed by atoms with E-state index in [-0.39, 0.29) is 6.42 Å². The second-order valence-electron chi connectivity index (χ2n) is 3.47. The van der Waals surface area contributed by atoms with E-state index in [0.29, 0.717) is 5.75 Å². The smallest absolute Gasteiger partial charge is 0.320 e. The largest absolute Gasteiger partial charge is 0.497 e. The third kappa shape index (κ3) is 3.48. The third-order valence-electron chi connectivity index (χ3n) is 2.38. The molecule has 1 atom stereocenters. The number of carboxylic acids is 1. The lowest BCUT2D eigenvalue weighted by atomic mass is 9.99. The Kier molecular flexibility index (Phi) is 4.51. The van der Waals surface area contributed by atoms with Crippen LogP contribution in [-0.4, -0.2) is 31.3 Å². The maximum Gasteiger partial charge on any atom is 0.320 e. The zero-order valence-corrected chi connectivity index (χ0v) is 9.67. The van der Waals surface area contributed by atoms with Crippen molar-refractivity contribution in [2.24, 2.45) is 5.92 Å². The van der Waals surface area contributed by atoms with E-state index in [4.69, 9.17) is 9.84 Å². The van der Waals surface area contributed by atoms with Gasteiger partial charge in [-0.15, -0.1) is 0 Å². The van der Waals surface area contributed by atoms with E-state index in [1.807, 2.05) is 0 Å². The summed E-state index contributed by atoms with van der Waals surface area (Å²) in [5.74, 6) is -2.42. The first-order chi connectivity index (χ1) is 8.08. The van der Waals surface area contributed by atoms with Crippen LogP contribution in [0, 0.1) is 5.92 Å². The maximum absolute atomic E-state index is 11.3. The van der Waals surface area contributed by atoms with Crippen molar-refractivity contribution < 1.29 is 24.2 Å².